The van der Waals surface area contributed by atoms with Crippen LogP contribution in [0.5, 0.6) is 0 Å². The monoisotopic (exact) mass is 293 g/mol. The standard InChI is InChI=1S/C16H24FN3O/c1-2-8-21-14-4-3-7-20(11-14)10-13-6-5-12(16(18)19)9-15(13)17/h5-6,9,14H,2-4,7-8,10-11H2,1H3,(H3,18,19). The summed E-state index contributed by atoms with van der Waals surface area (Å²) in [6.07, 6.45) is 3.46. The predicted octanol–water partition coefficient (Wildman–Crippen LogP) is 2.50. The SMILES string of the molecule is CCCOC1CCCN(Cc2ccc(C(=N)N)cc2F)C1. The van der Waals surface area contributed by atoms with Gasteiger partial charge in [-0.1, -0.05) is 19.1 Å². The molecule has 1 unspecified atom stereocenters. The zero-order valence-corrected chi connectivity index (χ0v) is 12.6. The van der Waals surface area contributed by atoms with Crippen molar-refractivity contribution < 1.29 is 9.13 Å². The van der Waals surface area contributed by atoms with Crippen molar-refractivity contribution in [3.8, 4) is 0 Å². The van der Waals surface area contributed by atoms with Crippen LogP contribution in [0.2, 0.25) is 0 Å². The number of nitrogens with zero attached hydrogens (tertiary/aromatic N) is 1. The van der Waals surface area contributed by atoms with Crippen molar-refractivity contribution in [2.75, 3.05) is 19.7 Å². The van der Waals surface area contributed by atoms with E-state index in [1.807, 2.05) is 0 Å². The lowest BCUT2D eigenvalue weighted by Gasteiger charge is -2.32. The normalized spacial score (nSPS) is 19.6. The minimum absolute atomic E-state index is 0.105. The van der Waals surface area contributed by atoms with E-state index in [0.29, 0.717) is 17.7 Å². The second kappa shape index (κ2) is 7.52. The summed E-state index contributed by atoms with van der Waals surface area (Å²) in [5, 5.41) is 7.33. The number of hydrogen-bond donors (Lipinski definition) is 2. The molecule has 0 spiro atoms. The summed E-state index contributed by atoms with van der Waals surface area (Å²) in [7, 11) is 0. The molecule has 1 atom stereocenters. The summed E-state index contributed by atoms with van der Waals surface area (Å²) in [6, 6.07) is 4.77. The minimum atomic E-state index is -0.292. The summed E-state index contributed by atoms with van der Waals surface area (Å²) in [6.45, 7) is 5.30. The molecule has 1 aromatic rings. The van der Waals surface area contributed by atoms with Crippen LogP contribution in [-0.2, 0) is 11.3 Å². The number of hydrogen-bond acceptors (Lipinski definition) is 3. The maximum absolute atomic E-state index is 14.1. The van der Waals surface area contributed by atoms with Crippen molar-refractivity contribution in [3.05, 3.63) is 35.1 Å². The molecular formula is C16H24FN3O. The number of amidine groups is 1. The molecule has 21 heavy (non-hydrogen) atoms. The van der Waals surface area contributed by atoms with Gasteiger partial charge in [-0.25, -0.2) is 4.39 Å². The molecule has 1 aliphatic rings. The highest BCUT2D eigenvalue weighted by Crippen LogP contribution is 2.18. The van der Waals surface area contributed by atoms with E-state index in [-0.39, 0.29) is 17.8 Å². The van der Waals surface area contributed by atoms with Crippen LogP contribution in [0.3, 0.4) is 0 Å². The number of halogens is 1. The van der Waals surface area contributed by atoms with Crippen LogP contribution in [0.1, 0.15) is 37.3 Å². The van der Waals surface area contributed by atoms with Gasteiger partial charge in [0.2, 0.25) is 0 Å². The molecule has 0 bridgehead atoms. The lowest BCUT2D eigenvalue weighted by Crippen LogP contribution is -2.39. The Balaban J connectivity index is 1.96. The third kappa shape index (κ3) is 4.51. The van der Waals surface area contributed by atoms with E-state index >= 15 is 0 Å². The molecule has 0 aliphatic carbocycles. The molecule has 5 heteroatoms. The lowest BCUT2D eigenvalue weighted by molar-refractivity contribution is -0.00247. The quantitative estimate of drug-likeness (QED) is 0.626. The summed E-state index contributed by atoms with van der Waals surface area (Å²) >= 11 is 0. The Hall–Kier alpha value is -1.46. The number of nitrogens with one attached hydrogen (secondary N) is 1. The molecule has 0 amide bonds. The fourth-order valence-corrected chi connectivity index (χ4v) is 2.66. The molecule has 4 nitrogen and oxygen atoms in total. The Labute approximate surface area is 125 Å². The van der Waals surface area contributed by atoms with Gasteiger partial charge in [-0.3, -0.25) is 10.3 Å². The fraction of sp³-hybridized carbons (Fsp3) is 0.562. The molecule has 1 fully saturated rings. The molecule has 0 saturated carbocycles. The van der Waals surface area contributed by atoms with E-state index in [9.17, 15) is 4.39 Å². The Morgan fingerprint density at radius 3 is 3.00 bits per heavy atom. The van der Waals surface area contributed by atoms with Gasteiger partial charge in [0.05, 0.1) is 6.10 Å². The molecular weight excluding hydrogens is 269 g/mol. The van der Waals surface area contributed by atoms with E-state index in [4.69, 9.17) is 15.9 Å². The predicted molar refractivity (Wildman–Crippen MR) is 82.0 cm³/mol. The first-order valence-corrected chi connectivity index (χ1v) is 7.57. The Morgan fingerprint density at radius 2 is 2.33 bits per heavy atom. The number of likely N-dealkylation sites (tertiary alicyclic amines) is 1. The maximum Gasteiger partial charge on any atom is 0.128 e. The van der Waals surface area contributed by atoms with Crippen molar-refractivity contribution >= 4 is 5.84 Å². The van der Waals surface area contributed by atoms with E-state index in [1.54, 1.807) is 12.1 Å². The average molecular weight is 293 g/mol. The van der Waals surface area contributed by atoms with Gasteiger partial charge in [-0.05, 0) is 31.9 Å². The first kappa shape index (κ1) is 15.9. The first-order chi connectivity index (χ1) is 10.1. The summed E-state index contributed by atoms with van der Waals surface area (Å²) < 4.78 is 19.9. The van der Waals surface area contributed by atoms with Crippen LogP contribution in [0.4, 0.5) is 4.39 Å². The first-order valence-electron chi connectivity index (χ1n) is 7.57. The zero-order chi connectivity index (χ0) is 15.2. The molecule has 1 aliphatic heterocycles. The highest BCUT2D eigenvalue weighted by atomic mass is 19.1. The van der Waals surface area contributed by atoms with Gasteiger partial charge in [0, 0.05) is 30.8 Å². The van der Waals surface area contributed by atoms with Gasteiger partial charge >= 0.3 is 0 Å². The van der Waals surface area contributed by atoms with E-state index < -0.39 is 0 Å². The van der Waals surface area contributed by atoms with Gasteiger partial charge in [-0.2, -0.15) is 0 Å². The highest BCUT2D eigenvalue weighted by Gasteiger charge is 2.21. The Bertz CT molecular complexity index is 492. The van der Waals surface area contributed by atoms with E-state index in [1.165, 1.54) is 6.07 Å². The second-order valence-electron chi connectivity index (χ2n) is 5.59. The van der Waals surface area contributed by atoms with Crippen LogP contribution in [0.25, 0.3) is 0 Å². The highest BCUT2D eigenvalue weighted by molar-refractivity contribution is 5.94. The van der Waals surface area contributed by atoms with Gasteiger partial charge in [-0.15, -0.1) is 0 Å². The van der Waals surface area contributed by atoms with Gasteiger partial charge < -0.3 is 10.5 Å². The molecule has 3 N–H and O–H groups in total. The van der Waals surface area contributed by atoms with Crippen molar-refractivity contribution in [2.24, 2.45) is 5.73 Å². The molecule has 0 aromatic heterocycles. The van der Waals surface area contributed by atoms with Crippen molar-refractivity contribution in [1.82, 2.24) is 4.90 Å². The maximum atomic E-state index is 14.1. The molecule has 116 valence electrons. The van der Waals surface area contributed by atoms with Crippen molar-refractivity contribution in [3.63, 3.8) is 0 Å². The summed E-state index contributed by atoms with van der Waals surface area (Å²) in [5.41, 5.74) is 6.45. The number of nitrogens with two attached hydrogens (primary N) is 1. The van der Waals surface area contributed by atoms with Crippen LogP contribution in [0, 0.1) is 11.2 Å². The topological polar surface area (TPSA) is 62.3 Å². The van der Waals surface area contributed by atoms with Gasteiger partial charge in [0.25, 0.3) is 0 Å². The molecule has 1 heterocycles. The van der Waals surface area contributed by atoms with Gasteiger partial charge in [0.15, 0.2) is 0 Å². The van der Waals surface area contributed by atoms with Gasteiger partial charge in [0.1, 0.15) is 11.7 Å². The van der Waals surface area contributed by atoms with E-state index in [0.717, 1.165) is 39.0 Å². The van der Waals surface area contributed by atoms with Crippen LogP contribution in [-0.4, -0.2) is 36.5 Å². The average Bonchev–Trinajstić information content (AvgIpc) is 2.47. The third-order valence-electron chi connectivity index (χ3n) is 3.78. The number of ether oxygens (including phenoxy) is 1. The fourth-order valence-electron chi connectivity index (χ4n) is 2.66. The molecule has 1 aromatic carbocycles. The summed E-state index contributed by atoms with van der Waals surface area (Å²) in [4.78, 5) is 2.23. The van der Waals surface area contributed by atoms with Crippen LogP contribution >= 0.6 is 0 Å². The van der Waals surface area contributed by atoms with Crippen molar-refractivity contribution in [1.29, 1.82) is 5.41 Å². The number of benzene rings is 1. The Kier molecular flexibility index (Phi) is 5.70. The zero-order valence-electron chi connectivity index (χ0n) is 12.6. The smallest absolute Gasteiger partial charge is 0.128 e. The Morgan fingerprint density at radius 1 is 1.52 bits per heavy atom. The number of piperidine rings is 1. The lowest BCUT2D eigenvalue weighted by atomic mass is 10.1. The molecule has 1 saturated heterocycles. The van der Waals surface area contributed by atoms with Crippen LogP contribution in [0.15, 0.2) is 18.2 Å². The largest absolute Gasteiger partial charge is 0.384 e. The van der Waals surface area contributed by atoms with Crippen molar-refractivity contribution in [2.45, 2.75) is 38.8 Å². The molecule has 2 rings (SSSR count). The second-order valence-corrected chi connectivity index (χ2v) is 5.59. The minimum Gasteiger partial charge on any atom is -0.384 e. The van der Waals surface area contributed by atoms with Crippen LogP contribution < -0.4 is 5.73 Å². The molecule has 0 radical (unpaired) electrons. The van der Waals surface area contributed by atoms with E-state index in [2.05, 4.69) is 11.8 Å². The summed E-state index contributed by atoms with van der Waals surface area (Å²) in [5.74, 6) is -0.397. The third-order valence-corrected chi connectivity index (χ3v) is 3.78. The number of nitrogen functional groups attached to an aromatic ring is 1. The number of rotatable bonds is 6.